The lowest BCUT2D eigenvalue weighted by Crippen LogP contribution is -2.18. The molecule has 0 unspecified atom stereocenters. The zero-order valence-corrected chi connectivity index (χ0v) is 9.60. The number of rotatable bonds is 4. The fourth-order valence-corrected chi connectivity index (χ4v) is 1.23. The first kappa shape index (κ1) is 15.2. The average Bonchev–Trinajstić information content (AvgIpc) is 2.29. The topological polar surface area (TPSA) is 105 Å². The summed E-state index contributed by atoms with van der Waals surface area (Å²) >= 11 is 0. The van der Waals surface area contributed by atoms with E-state index in [1.165, 1.54) is 0 Å². The number of hydrogen-bond donors (Lipinski definition) is 1. The Morgan fingerprint density at radius 1 is 1.50 bits per heavy atom. The Morgan fingerprint density at radius 2 is 2.15 bits per heavy atom. The normalized spacial score (nSPS) is 10.5. The van der Waals surface area contributed by atoms with Crippen molar-refractivity contribution in [2.75, 3.05) is 5.32 Å². The Balaban J connectivity index is 3.05. The van der Waals surface area contributed by atoms with E-state index in [0.29, 0.717) is 12.1 Å². The molecule has 0 aromatic heterocycles. The van der Waals surface area contributed by atoms with Gasteiger partial charge in [-0.05, 0) is 12.1 Å². The Bertz CT molecular complexity index is 580. The number of halogens is 3. The average molecular weight is 289 g/mol. The zero-order valence-electron chi connectivity index (χ0n) is 9.60. The van der Waals surface area contributed by atoms with Crippen LogP contribution in [0.1, 0.15) is 6.42 Å². The van der Waals surface area contributed by atoms with Crippen LogP contribution in [0.4, 0.5) is 24.5 Å². The molecule has 0 saturated heterocycles. The SMILES string of the molecule is N#CCC(=O)Nc1ccc(OC(F)(F)F)c([N+](=O)[O-])c1. The second kappa shape index (κ2) is 5.87. The number of nitro benzene ring substituents is 1. The van der Waals surface area contributed by atoms with Gasteiger partial charge in [-0.3, -0.25) is 14.9 Å². The van der Waals surface area contributed by atoms with Crippen molar-refractivity contribution in [3.05, 3.63) is 28.3 Å². The first-order chi connectivity index (χ1) is 9.23. The summed E-state index contributed by atoms with van der Waals surface area (Å²) in [5.74, 6) is -1.74. The van der Waals surface area contributed by atoms with Crippen LogP contribution in [0.3, 0.4) is 0 Å². The van der Waals surface area contributed by atoms with Gasteiger partial charge in [0, 0.05) is 11.8 Å². The van der Waals surface area contributed by atoms with Crippen LogP contribution >= 0.6 is 0 Å². The number of nitrogens with one attached hydrogen (secondary N) is 1. The van der Waals surface area contributed by atoms with E-state index in [-0.39, 0.29) is 5.69 Å². The number of amides is 1. The molecular weight excluding hydrogens is 283 g/mol. The number of carbonyl (C=O) groups excluding carboxylic acids is 1. The molecule has 0 atom stereocenters. The van der Waals surface area contributed by atoms with Crippen LogP contribution in [-0.2, 0) is 4.79 Å². The summed E-state index contributed by atoms with van der Waals surface area (Å²) in [5, 5.41) is 21.1. The highest BCUT2D eigenvalue weighted by Gasteiger charge is 2.34. The maximum Gasteiger partial charge on any atom is 0.573 e. The molecule has 10 heteroatoms. The highest BCUT2D eigenvalue weighted by molar-refractivity contribution is 5.92. The van der Waals surface area contributed by atoms with Crippen molar-refractivity contribution in [2.24, 2.45) is 0 Å². The van der Waals surface area contributed by atoms with Crippen molar-refractivity contribution in [3.8, 4) is 11.8 Å². The standard InChI is InChI=1S/C10H6F3N3O4/c11-10(12,13)20-8-2-1-6(5-7(8)16(18)19)15-9(17)3-4-14/h1-2,5H,3H2,(H,15,17). The third-order valence-electron chi connectivity index (χ3n) is 1.90. The molecule has 0 aliphatic carbocycles. The number of anilines is 1. The van der Waals surface area contributed by atoms with Gasteiger partial charge in [-0.15, -0.1) is 13.2 Å². The summed E-state index contributed by atoms with van der Waals surface area (Å²) < 4.78 is 39.6. The van der Waals surface area contributed by atoms with Gasteiger partial charge in [-0.2, -0.15) is 5.26 Å². The molecule has 0 saturated carbocycles. The van der Waals surface area contributed by atoms with Gasteiger partial charge >= 0.3 is 12.0 Å². The van der Waals surface area contributed by atoms with Crippen LogP contribution < -0.4 is 10.1 Å². The van der Waals surface area contributed by atoms with Crippen molar-refractivity contribution in [1.29, 1.82) is 5.26 Å². The molecule has 1 amide bonds. The second-order valence-electron chi connectivity index (χ2n) is 3.37. The minimum atomic E-state index is -5.07. The third kappa shape index (κ3) is 4.45. The van der Waals surface area contributed by atoms with Crippen LogP contribution in [0.2, 0.25) is 0 Å². The molecule has 1 rings (SSSR count). The summed E-state index contributed by atoms with van der Waals surface area (Å²) in [4.78, 5) is 20.7. The molecule has 0 aliphatic heterocycles. The summed E-state index contributed by atoms with van der Waals surface area (Å²) in [5.41, 5.74) is -1.08. The molecule has 0 spiro atoms. The first-order valence-electron chi connectivity index (χ1n) is 4.94. The van der Waals surface area contributed by atoms with Crippen LogP contribution in [0.5, 0.6) is 5.75 Å². The Labute approximate surface area is 109 Å². The molecule has 7 nitrogen and oxygen atoms in total. The van der Waals surface area contributed by atoms with E-state index in [1.54, 1.807) is 6.07 Å². The van der Waals surface area contributed by atoms with E-state index >= 15 is 0 Å². The lowest BCUT2D eigenvalue weighted by atomic mass is 10.2. The smallest absolute Gasteiger partial charge is 0.398 e. The molecule has 1 N–H and O–H groups in total. The van der Waals surface area contributed by atoms with E-state index in [9.17, 15) is 28.1 Å². The van der Waals surface area contributed by atoms with Crippen LogP contribution in [0.25, 0.3) is 0 Å². The third-order valence-corrected chi connectivity index (χ3v) is 1.90. The van der Waals surface area contributed by atoms with Gasteiger partial charge in [0.25, 0.3) is 0 Å². The molecule has 0 heterocycles. The van der Waals surface area contributed by atoms with E-state index in [2.05, 4.69) is 10.1 Å². The Morgan fingerprint density at radius 3 is 2.65 bits per heavy atom. The number of carbonyl (C=O) groups is 1. The van der Waals surface area contributed by atoms with Gasteiger partial charge in [0.1, 0.15) is 6.42 Å². The second-order valence-corrected chi connectivity index (χ2v) is 3.37. The largest absolute Gasteiger partial charge is 0.573 e. The fourth-order valence-electron chi connectivity index (χ4n) is 1.23. The van der Waals surface area contributed by atoms with E-state index in [0.717, 1.165) is 6.07 Å². The molecule has 1 aromatic carbocycles. The number of alkyl halides is 3. The number of hydrogen-bond acceptors (Lipinski definition) is 5. The first-order valence-corrected chi connectivity index (χ1v) is 4.94. The molecule has 0 radical (unpaired) electrons. The summed E-state index contributed by atoms with van der Waals surface area (Å²) in [6.07, 6.45) is -5.56. The molecule has 0 bridgehead atoms. The van der Waals surface area contributed by atoms with Crippen molar-refractivity contribution in [2.45, 2.75) is 12.8 Å². The number of nitro groups is 1. The number of nitrogens with zero attached hydrogens (tertiary/aromatic N) is 2. The van der Waals surface area contributed by atoms with Crippen molar-refractivity contribution in [1.82, 2.24) is 0 Å². The maximum atomic E-state index is 12.0. The summed E-state index contributed by atoms with van der Waals surface area (Å²) in [6, 6.07) is 3.94. The molecule has 106 valence electrons. The van der Waals surface area contributed by atoms with Crippen LogP contribution in [0.15, 0.2) is 18.2 Å². The summed E-state index contributed by atoms with van der Waals surface area (Å²) in [7, 11) is 0. The van der Waals surface area contributed by atoms with E-state index < -0.39 is 35.1 Å². The Kier molecular flexibility index (Phi) is 4.47. The maximum absolute atomic E-state index is 12.0. The van der Waals surface area contributed by atoms with Gasteiger partial charge < -0.3 is 10.1 Å². The summed E-state index contributed by atoms with van der Waals surface area (Å²) in [6.45, 7) is 0. The molecule has 0 fully saturated rings. The van der Waals surface area contributed by atoms with Gasteiger partial charge in [0.2, 0.25) is 11.7 Å². The highest BCUT2D eigenvalue weighted by atomic mass is 19.4. The molecule has 20 heavy (non-hydrogen) atoms. The molecule has 0 aliphatic rings. The predicted molar refractivity (Wildman–Crippen MR) is 58.6 cm³/mol. The number of nitriles is 1. The number of ether oxygens (including phenoxy) is 1. The minimum absolute atomic E-state index is 0.119. The van der Waals surface area contributed by atoms with Crippen molar-refractivity contribution < 1.29 is 27.6 Å². The van der Waals surface area contributed by atoms with Gasteiger partial charge in [0.15, 0.2) is 0 Å². The predicted octanol–water partition coefficient (Wildman–Crippen LogP) is 2.35. The molecular formula is C10H6F3N3O4. The van der Waals surface area contributed by atoms with Crippen LogP contribution in [-0.4, -0.2) is 17.2 Å². The van der Waals surface area contributed by atoms with Crippen LogP contribution in [0, 0.1) is 21.4 Å². The lowest BCUT2D eigenvalue weighted by Gasteiger charge is -2.10. The monoisotopic (exact) mass is 289 g/mol. The van der Waals surface area contributed by atoms with Gasteiger partial charge in [-0.25, -0.2) is 0 Å². The van der Waals surface area contributed by atoms with E-state index in [4.69, 9.17) is 5.26 Å². The minimum Gasteiger partial charge on any atom is -0.398 e. The van der Waals surface area contributed by atoms with Gasteiger partial charge in [0.05, 0.1) is 11.0 Å². The van der Waals surface area contributed by atoms with Gasteiger partial charge in [-0.1, -0.05) is 0 Å². The highest BCUT2D eigenvalue weighted by Crippen LogP contribution is 2.34. The van der Waals surface area contributed by atoms with Crippen molar-refractivity contribution in [3.63, 3.8) is 0 Å². The van der Waals surface area contributed by atoms with Crippen molar-refractivity contribution >= 4 is 17.3 Å². The zero-order chi connectivity index (χ0) is 15.3. The Hall–Kier alpha value is -2.83. The molecule has 1 aromatic rings. The van der Waals surface area contributed by atoms with E-state index in [1.807, 2.05) is 0 Å². The fraction of sp³-hybridized carbons (Fsp3) is 0.200. The quantitative estimate of drug-likeness (QED) is 0.676. The number of benzene rings is 1. The lowest BCUT2D eigenvalue weighted by molar-refractivity contribution is -0.388.